The van der Waals surface area contributed by atoms with Crippen LogP contribution < -0.4 is 0 Å². The van der Waals surface area contributed by atoms with E-state index in [-0.39, 0.29) is 21.1 Å². The lowest BCUT2D eigenvalue weighted by Gasteiger charge is -2.11. The highest BCUT2D eigenvalue weighted by molar-refractivity contribution is 6.29. The van der Waals surface area contributed by atoms with Crippen LogP contribution in [0.2, 0.25) is 21.1 Å². The van der Waals surface area contributed by atoms with Crippen molar-refractivity contribution >= 4 is 156 Å². The van der Waals surface area contributed by atoms with Gasteiger partial charge in [0.15, 0.2) is 46.6 Å². The highest BCUT2D eigenvalue weighted by Crippen LogP contribution is 2.42. The maximum Gasteiger partial charge on any atom is 0.226 e. The zero-order chi connectivity index (χ0) is 91.1. The Kier molecular flexibility index (Phi) is 22.2. The highest BCUT2D eigenvalue weighted by atomic mass is 35.5. The van der Waals surface area contributed by atoms with Crippen molar-refractivity contribution in [1.29, 1.82) is 0 Å². The molecular weight excluding hydrogens is 1770 g/mol. The van der Waals surface area contributed by atoms with Crippen molar-refractivity contribution in [3.05, 3.63) is 434 Å². The molecule has 26 rings (SSSR count). The molecule has 0 aliphatic carbocycles. The summed E-state index contributed by atoms with van der Waals surface area (Å²) in [5.41, 5.74) is 22.2. The summed E-state index contributed by atoms with van der Waals surface area (Å²) in [7, 11) is 0. The molecule has 0 bridgehead atoms. The fourth-order valence-electron chi connectivity index (χ4n) is 17.4. The predicted molar refractivity (Wildman–Crippen MR) is 549 cm³/mol. The molecule has 0 saturated heterocycles. The Hall–Kier alpha value is -17.1. The van der Waals surface area contributed by atoms with Crippen molar-refractivity contribution in [2.75, 3.05) is 0 Å². The molecule has 0 fully saturated rings. The van der Waals surface area contributed by atoms with Crippen molar-refractivity contribution in [3.8, 4) is 136 Å². The Morgan fingerprint density at radius 1 is 0.132 bits per heavy atom. The first kappa shape index (κ1) is 83.2. The molecule has 0 radical (unpaired) electrons. The topological polar surface area (TPSA) is 207 Å². The monoisotopic (exact) mass is 1830 g/mol. The number of nitrogens with zero attached hydrogens (tertiary/aromatic N) is 12. The molecule has 8 heterocycles. The van der Waals surface area contributed by atoms with Crippen LogP contribution in [0.3, 0.4) is 0 Å². The van der Waals surface area contributed by atoms with Crippen LogP contribution in [-0.2, 0) is 0 Å². The van der Waals surface area contributed by atoms with Crippen molar-refractivity contribution in [2.24, 2.45) is 0 Å². The van der Waals surface area contributed by atoms with Gasteiger partial charge in [-0.2, -0.15) is 39.9 Å². The minimum Gasteiger partial charge on any atom is -0.456 e. The van der Waals surface area contributed by atoms with Gasteiger partial charge >= 0.3 is 0 Å². The van der Waals surface area contributed by atoms with E-state index in [1.54, 1.807) is 0 Å². The molecule has 0 spiro atoms. The Bertz CT molecular complexity index is 9020. The van der Waals surface area contributed by atoms with Gasteiger partial charge in [0.1, 0.15) is 44.7 Å². The van der Waals surface area contributed by atoms with Crippen molar-refractivity contribution in [1.82, 2.24) is 59.8 Å². The Labute approximate surface area is 796 Å². The molecule has 644 valence electrons. The van der Waals surface area contributed by atoms with Crippen molar-refractivity contribution in [3.63, 3.8) is 0 Å². The van der Waals surface area contributed by atoms with E-state index in [1.807, 2.05) is 261 Å². The molecule has 0 unspecified atom stereocenters. The second-order valence-corrected chi connectivity index (χ2v) is 33.7. The number of fused-ring (bicyclic) bond motifs is 15. The Balaban J connectivity index is 0.000000102. The summed E-state index contributed by atoms with van der Waals surface area (Å²) in [5, 5.41) is 13.7. The van der Waals surface area contributed by atoms with Crippen LogP contribution in [0.4, 0.5) is 0 Å². The highest BCUT2D eigenvalue weighted by Gasteiger charge is 2.22. The van der Waals surface area contributed by atoms with Gasteiger partial charge in [-0.25, -0.2) is 19.9 Å². The first-order valence-corrected chi connectivity index (χ1v) is 45.3. The van der Waals surface area contributed by atoms with E-state index in [0.717, 1.165) is 193 Å². The second kappa shape index (κ2) is 36.2. The van der Waals surface area contributed by atoms with Gasteiger partial charge in [0.2, 0.25) is 21.1 Å². The van der Waals surface area contributed by atoms with Gasteiger partial charge in [-0.15, -0.1) is 0 Å². The summed E-state index contributed by atoms with van der Waals surface area (Å²) in [6.45, 7) is 0. The second-order valence-electron chi connectivity index (χ2n) is 32.4. The Morgan fingerprint density at radius 3 is 0.757 bits per heavy atom. The molecule has 0 N–H and O–H groups in total. The number of aromatic nitrogens is 12. The molecule has 0 atom stereocenters. The lowest BCUT2D eigenvalue weighted by Crippen LogP contribution is -1.98. The van der Waals surface area contributed by atoms with Gasteiger partial charge in [0.25, 0.3) is 0 Å². The van der Waals surface area contributed by atoms with E-state index in [9.17, 15) is 0 Å². The summed E-state index contributed by atoms with van der Waals surface area (Å²) >= 11 is 25.5. The molecule has 0 aliphatic rings. The molecule has 8 aromatic heterocycles. The van der Waals surface area contributed by atoms with Crippen LogP contribution in [0.15, 0.2) is 430 Å². The Morgan fingerprint density at radius 2 is 0.368 bits per heavy atom. The fraction of sp³-hybridized carbons (Fsp3) is 0. The maximum atomic E-state index is 6.46. The minimum atomic E-state index is 0.140. The zero-order valence-electron chi connectivity index (χ0n) is 71.8. The normalized spacial score (nSPS) is 11.4. The zero-order valence-corrected chi connectivity index (χ0v) is 74.8. The number of para-hydroxylation sites is 4. The lowest BCUT2D eigenvalue weighted by molar-refractivity contribution is 0.668. The van der Waals surface area contributed by atoms with Gasteiger partial charge in [0, 0.05) is 87.6 Å². The summed E-state index contributed by atoms with van der Waals surface area (Å²) in [4.78, 5) is 54.5. The van der Waals surface area contributed by atoms with Crippen LogP contribution in [-0.4, -0.2) is 59.8 Å². The van der Waals surface area contributed by atoms with Crippen LogP contribution >= 0.6 is 46.4 Å². The van der Waals surface area contributed by atoms with Crippen LogP contribution in [0.25, 0.3) is 245 Å². The van der Waals surface area contributed by atoms with Crippen molar-refractivity contribution < 1.29 is 17.7 Å². The van der Waals surface area contributed by atoms with E-state index in [4.69, 9.17) is 79.0 Å². The number of furan rings is 4. The van der Waals surface area contributed by atoms with Gasteiger partial charge < -0.3 is 17.7 Å². The summed E-state index contributed by atoms with van der Waals surface area (Å²) in [6, 6.07) is 138. The average molecular weight is 1840 g/mol. The number of benzene rings is 18. The predicted octanol–water partition coefficient (Wildman–Crippen LogP) is 32.0. The van der Waals surface area contributed by atoms with Crippen LogP contribution in [0.5, 0.6) is 0 Å². The fourth-order valence-corrected chi connectivity index (χ4v) is 18.0. The largest absolute Gasteiger partial charge is 0.456 e. The first-order chi connectivity index (χ1) is 66.9. The van der Waals surface area contributed by atoms with Crippen molar-refractivity contribution in [2.45, 2.75) is 0 Å². The smallest absolute Gasteiger partial charge is 0.226 e. The minimum absolute atomic E-state index is 0.140. The third-order valence-electron chi connectivity index (χ3n) is 23.9. The van der Waals surface area contributed by atoms with Crippen LogP contribution in [0.1, 0.15) is 0 Å². The first-order valence-electron chi connectivity index (χ1n) is 43.8. The molecule has 0 saturated carbocycles. The van der Waals surface area contributed by atoms with Gasteiger partial charge in [-0.1, -0.05) is 309 Å². The molecule has 20 heteroatoms. The molecule has 16 nitrogen and oxygen atoms in total. The number of rotatable bonds is 12. The molecule has 18 aromatic carbocycles. The molecule has 136 heavy (non-hydrogen) atoms. The van der Waals surface area contributed by atoms with E-state index >= 15 is 0 Å². The molecule has 26 aromatic rings. The van der Waals surface area contributed by atoms with Gasteiger partial charge in [-0.05, 0) is 216 Å². The summed E-state index contributed by atoms with van der Waals surface area (Å²) in [5.74, 6) is 4.14. The van der Waals surface area contributed by atoms with E-state index in [1.165, 1.54) is 5.39 Å². The molecule has 0 amide bonds. The average Bonchev–Trinajstić information content (AvgIpc) is 1.11. The molecule has 0 aliphatic heterocycles. The molecular formula is C116H68Cl4N12O4. The van der Waals surface area contributed by atoms with E-state index < -0.39 is 0 Å². The quantitative estimate of drug-likeness (QED) is 0.104. The van der Waals surface area contributed by atoms with Crippen LogP contribution in [0, 0.1) is 0 Å². The lowest BCUT2D eigenvalue weighted by atomic mass is 9.96. The number of hydrogen-bond acceptors (Lipinski definition) is 16. The standard InChI is InChI=1S/C33H20ClN3O.C29H16ClN3O.2C27H16ClN3O/c34-33-36-31(23-15-16-28-27-13-7-8-14-29(27)38-30(28)20-23)35-32(37-33)26-18-24(21-9-3-1-4-10-21)17-25(19-26)22-11-5-2-6-12-22;30-29-32-27(18-13-14-23-22-11-5-6-12-25(22)34-26(23)16-18)31-28(33-29)24-15-17-7-1-2-8-19(17)20-9-3-4-10-21(20)24;28-27-30-25(19-10-6-9-18(15-19)17-7-2-1-3-8-17)29-26(31-27)20-13-14-22-21-11-4-5-12-23(21)32-24(22)16-20;28-27-30-25(19-12-10-18(11-13-19)17-6-2-1-3-7-17)29-26(31-27)20-14-15-22-21-8-4-5-9-23(21)32-24(22)16-20/h1-20H;1-16H;2*1-16H. The summed E-state index contributed by atoms with van der Waals surface area (Å²) < 4.78 is 24.2. The van der Waals surface area contributed by atoms with E-state index in [2.05, 4.69) is 197 Å². The van der Waals surface area contributed by atoms with E-state index in [0.29, 0.717) is 46.6 Å². The third-order valence-corrected chi connectivity index (χ3v) is 24.5. The third kappa shape index (κ3) is 16.9. The maximum absolute atomic E-state index is 6.46. The number of hydrogen-bond donors (Lipinski definition) is 0. The summed E-state index contributed by atoms with van der Waals surface area (Å²) in [6.07, 6.45) is 0. The van der Waals surface area contributed by atoms with Gasteiger partial charge in [0.05, 0.1) is 0 Å². The number of halogens is 4. The SMILES string of the molecule is Clc1nc(-c2cc(-c3ccccc3)cc(-c3ccccc3)c2)nc(-c2ccc3c(c2)oc2ccccc23)n1.Clc1nc(-c2ccc(-c3ccccc3)cc2)nc(-c2ccc3c(c2)oc2ccccc23)n1.Clc1nc(-c2ccc3c(c2)oc2ccccc23)nc(-c2cc3ccccc3c3ccccc23)n1.Clc1nc(-c2cccc(-c3ccccc3)c2)nc(-c2ccc3c(c2)oc2ccccc23)n1. The van der Waals surface area contributed by atoms with Gasteiger partial charge in [-0.3, -0.25) is 0 Å².